The third-order valence-electron chi connectivity index (χ3n) is 4.45. The van der Waals surface area contributed by atoms with Crippen LogP contribution in [-0.4, -0.2) is 17.1 Å². The number of amides is 2. The molecule has 1 heterocycles. The van der Waals surface area contributed by atoms with Gasteiger partial charge in [-0.2, -0.15) is 5.26 Å². The second-order valence-electron chi connectivity index (χ2n) is 5.77. The Morgan fingerprint density at radius 3 is 3.05 bits per heavy atom. The van der Waals surface area contributed by atoms with Crippen molar-refractivity contribution < 1.29 is 4.79 Å². The summed E-state index contributed by atoms with van der Waals surface area (Å²) in [6.07, 6.45) is 6.58. The molecule has 0 radical (unpaired) electrons. The molecule has 2 fully saturated rings. The van der Waals surface area contributed by atoms with E-state index in [9.17, 15) is 4.79 Å². The Balaban J connectivity index is 1.48. The number of nitrogens with one attached hydrogen (secondary N) is 2. The van der Waals surface area contributed by atoms with Gasteiger partial charge in [0.05, 0.1) is 0 Å². The maximum Gasteiger partial charge on any atom is 0.315 e. The average molecular weight is 270 g/mol. The van der Waals surface area contributed by atoms with Crippen LogP contribution in [-0.2, 0) is 6.54 Å². The number of nitrogens with zero attached hydrogens (tertiary/aromatic N) is 2. The summed E-state index contributed by atoms with van der Waals surface area (Å²) in [6, 6.07) is 5.72. The Bertz CT molecular complexity index is 551. The van der Waals surface area contributed by atoms with E-state index in [1.165, 1.54) is 19.3 Å². The zero-order chi connectivity index (χ0) is 13.9. The number of hydrogen-bond acceptors (Lipinski definition) is 3. The van der Waals surface area contributed by atoms with Gasteiger partial charge >= 0.3 is 6.03 Å². The molecule has 0 aliphatic heterocycles. The van der Waals surface area contributed by atoms with E-state index in [0.717, 1.165) is 17.9 Å². The number of nitriles is 1. The zero-order valence-electron chi connectivity index (χ0n) is 11.3. The summed E-state index contributed by atoms with van der Waals surface area (Å²) in [4.78, 5) is 15.8. The van der Waals surface area contributed by atoms with Gasteiger partial charge in [-0.1, -0.05) is 6.42 Å². The van der Waals surface area contributed by atoms with Gasteiger partial charge in [0.15, 0.2) is 0 Å². The van der Waals surface area contributed by atoms with E-state index in [1.54, 1.807) is 18.3 Å². The van der Waals surface area contributed by atoms with Crippen LogP contribution in [0.1, 0.15) is 36.9 Å². The van der Waals surface area contributed by atoms with Crippen molar-refractivity contribution in [2.45, 2.75) is 38.3 Å². The Morgan fingerprint density at radius 1 is 1.45 bits per heavy atom. The van der Waals surface area contributed by atoms with Crippen LogP contribution in [0.3, 0.4) is 0 Å². The first-order valence-electron chi connectivity index (χ1n) is 7.14. The first-order chi connectivity index (χ1) is 9.74. The van der Waals surface area contributed by atoms with Crippen LogP contribution in [0, 0.1) is 23.2 Å². The highest BCUT2D eigenvalue weighted by Gasteiger charge is 2.40. The lowest BCUT2D eigenvalue weighted by atomic mass is 9.95. The molecule has 2 N–H and O–H groups in total. The second kappa shape index (κ2) is 5.49. The molecule has 3 atom stereocenters. The van der Waals surface area contributed by atoms with Gasteiger partial charge in [0.1, 0.15) is 11.8 Å². The van der Waals surface area contributed by atoms with E-state index >= 15 is 0 Å². The van der Waals surface area contributed by atoms with Crippen molar-refractivity contribution in [3.05, 3.63) is 29.6 Å². The normalized spacial score (nSPS) is 27.1. The maximum atomic E-state index is 11.9. The molecule has 20 heavy (non-hydrogen) atoms. The molecule has 2 aliphatic rings. The van der Waals surface area contributed by atoms with Crippen LogP contribution in [0.25, 0.3) is 0 Å². The molecule has 1 aromatic heterocycles. The molecule has 3 unspecified atom stereocenters. The SMILES string of the molecule is N#Cc1cc(CNC(=O)NC2CC3CCC2C3)ccn1. The van der Waals surface area contributed by atoms with Crippen molar-refractivity contribution >= 4 is 6.03 Å². The molecule has 0 spiro atoms. The minimum absolute atomic E-state index is 0.113. The van der Waals surface area contributed by atoms with Crippen molar-refractivity contribution in [1.82, 2.24) is 15.6 Å². The highest BCUT2D eigenvalue weighted by atomic mass is 16.2. The Hall–Kier alpha value is -2.09. The number of hydrogen-bond donors (Lipinski definition) is 2. The van der Waals surface area contributed by atoms with Gasteiger partial charge in [0, 0.05) is 18.8 Å². The topological polar surface area (TPSA) is 77.8 Å². The van der Waals surface area contributed by atoms with Crippen LogP contribution in [0.15, 0.2) is 18.3 Å². The minimum atomic E-state index is -0.113. The predicted octanol–water partition coefficient (Wildman–Crippen LogP) is 1.94. The summed E-state index contributed by atoms with van der Waals surface area (Å²) >= 11 is 0. The Kier molecular flexibility index (Phi) is 3.55. The lowest BCUT2D eigenvalue weighted by Crippen LogP contribution is -2.44. The van der Waals surface area contributed by atoms with Crippen LogP contribution < -0.4 is 10.6 Å². The van der Waals surface area contributed by atoms with Crippen molar-refractivity contribution in [2.24, 2.45) is 11.8 Å². The summed E-state index contributed by atoms with van der Waals surface area (Å²) < 4.78 is 0. The fourth-order valence-corrected chi connectivity index (χ4v) is 3.47. The first-order valence-corrected chi connectivity index (χ1v) is 7.14. The molecule has 2 saturated carbocycles. The summed E-state index contributed by atoms with van der Waals surface area (Å²) in [5, 5.41) is 14.7. The van der Waals surface area contributed by atoms with E-state index in [-0.39, 0.29) is 6.03 Å². The van der Waals surface area contributed by atoms with E-state index in [4.69, 9.17) is 5.26 Å². The van der Waals surface area contributed by atoms with E-state index in [1.807, 2.05) is 6.07 Å². The van der Waals surface area contributed by atoms with E-state index < -0.39 is 0 Å². The molecule has 2 aliphatic carbocycles. The fraction of sp³-hybridized carbons (Fsp3) is 0.533. The summed E-state index contributed by atoms with van der Waals surface area (Å²) in [5.41, 5.74) is 1.26. The molecule has 5 heteroatoms. The van der Waals surface area contributed by atoms with Gasteiger partial charge in [0.25, 0.3) is 0 Å². The number of fused-ring (bicyclic) bond motifs is 2. The molecule has 0 saturated heterocycles. The van der Waals surface area contributed by atoms with Gasteiger partial charge in [-0.05, 0) is 48.8 Å². The predicted molar refractivity (Wildman–Crippen MR) is 73.6 cm³/mol. The quantitative estimate of drug-likeness (QED) is 0.881. The van der Waals surface area contributed by atoms with Crippen molar-refractivity contribution in [1.29, 1.82) is 5.26 Å². The van der Waals surface area contributed by atoms with Gasteiger partial charge in [-0.15, -0.1) is 0 Å². The lowest BCUT2D eigenvalue weighted by molar-refractivity contribution is 0.230. The van der Waals surface area contributed by atoms with E-state index in [0.29, 0.717) is 24.2 Å². The van der Waals surface area contributed by atoms with Crippen LogP contribution in [0.4, 0.5) is 4.79 Å². The molecule has 104 valence electrons. The number of pyridine rings is 1. The molecule has 2 bridgehead atoms. The molecular weight excluding hydrogens is 252 g/mol. The average Bonchev–Trinajstić information content (AvgIpc) is 3.08. The Labute approximate surface area is 118 Å². The molecule has 3 rings (SSSR count). The number of aromatic nitrogens is 1. The van der Waals surface area contributed by atoms with E-state index in [2.05, 4.69) is 15.6 Å². The number of rotatable bonds is 3. The monoisotopic (exact) mass is 270 g/mol. The zero-order valence-corrected chi connectivity index (χ0v) is 11.3. The standard InChI is InChI=1S/C15H18N4O/c16-8-13-6-11(3-4-17-13)9-18-15(20)19-14-7-10-1-2-12(14)5-10/h3-4,6,10,12,14H,1-2,5,7,9H2,(H2,18,19,20). The maximum absolute atomic E-state index is 11.9. The summed E-state index contributed by atoms with van der Waals surface area (Å²) in [6.45, 7) is 0.420. The van der Waals surface area contributed by atoms with Crippen molar-refractivity contribution in [2.75, 3.05) is 0 Å². The largest absolute Gasteiger partial charge is 0.335 e. The molecule has 2 amide bonds. The summed E-state index contributed by atoms with van der Waals surface area (Å²) in [7, 11) is 0. The highest BCUT2D eigenvalue weighted by molar-refractivity contribution is 5.74. The van der Waals surface area contributed by atoms with Crippen molar-refractivity contribution in [3.63, 3.8) is 0 Å². The number of urea groups is 1. The summed E-state index contributed by atoms with van der Waals surface area (Å²) in [5.74, 6) is 1.50. The fourth-order valence-electron chi connectivity index (χ4n) is 3.47. The third-order valence-corrected chi connectivity index (χ3v) is 4.45. The van der Waals surface area contributed by atoms with Crippen LogP contribution in [0.2, 0.25) is 0 Å². The minimum Gasteiger partial charge on any atom is -0.335 e. The molecule has 0 aromatic carbocycles. The molecule has 5 nitrogen and oxygen atoms in total. The molecule has 1 aromatic rings. The van der Waals surface area contributed by atoms with Gasteiger partial charge in [-0.25, -0.2) is 9.78 Å². The van der Waals surface area contributed by atoms with Gasteiger partial charge in [0.2, 0.25) is 0 Å². The smallest absolute Gasteiger partial charge is 0.315 e. The van der Waals surface area contributed by atoms with Crippen molar-refractivity contribution in [3.8, 4) is 6.07 Å². The van der Waals surface area contributed by atoms with Gasteiger partial charge < -0.3 is 10.6 Å². The van der Waals surface area contributed by atoms with Gasteiger partial charge in [-0.3, -0.25) is 0 Å². The Morgan fingerprint density at radius 2 is 2.35 bits per heavy atom. The lowest BCUT2D eigenvalue weighted by Gasteiger charge is -2.23. The number of carbonyl (C=O) groups excluding carboxylic acids is 1. The highest BCUT2D eigenvalue weighted by Crippen LogP contribution is 2.44. The second-order valence-corrected chi connectivity index (χ2v) is 5.77. The number of carbonyl (C=O) groups is 1. The first kappa shape index (κ1) is 12.9. The van der Waals surface area contributed by atoms with Crippen LogP contribution >= 0.6 is 0 Å². The molecular formula is C15H18N4O. The third kappa shape index (κ3) is 2.74. The van der Waals surface area contributed by atoms with Crippen LogP contribution in [0.5, 0.6) is 0 Å².